The van der Waals surface area contributed by atoms with E-state index in [1.165, 1.54) is 4.31 Å². The number of carbonyl (C=O) groups excluding carboxylic acids is 1. The molecule has 8 nitrogen and oxygen atoms in total. The normalized spacial score (nSPS) is 20.8. The number of aliphatic hydroxyl groups excluding tert-OH is 1. The highest BCUT2D eigenvalue weighted by atomic mass is 32.2. The number of hydrogen-bond donors (Lipinski definition) is 2. The second kappa shape index (κ2) is 9.00. The number of amides is 1. The number of thioether (sulfide) groups is 1. The molecule has 0 saturated carbocycles. The topological polar surface area (TPSA) is 113 Å². The molecule has 3 N–H and O–H groups in total. The summed E-state index contributed by atoms with van der Waals surface area (Å²) in [5.74, 6) is -0.128. The van der Waals surface area contributed by atoms with Crippen LogP contribution in [0.1, 0.15) is 12.8 Å². The van der Waals surface area contributed by atoms with Gasteiger partial charge >= 0.3 is 0 Å². The fourth-order valence-corrected chi connectivity index (χ4v) is 6.41. The van der Waals surface area contributed by atoms with E-state index < -0.39 is 20.7 Å². The number of benzene rings is 1. The minimum absolute atomic E-state index is 0.109. The van der Waals surface area contributed by atoms with E-state index in [-0.39, 0.29) is 32.7 Å². The fraction of sp³-hybridized carbons (Fsp3) is 0.611. The van der Waals surface area contributed by atoms with Gasteiger partial charge in [-0.1, -0.05) is 0 Å². The highest BCUT2D eigenvalue weighted by molar-refractivity contribution is 7.99. The quantitative estimate of drug-likeness (QED) is 0.598. The van der Waals surface area contributed by atoms with Crippen molar-refractivity contribution in [1.82, 2.24) is 4.31 Å². The molecule has 0 radical (unpaired) electrons. The zero-order chi connectivity index (χ0) is 20.2. The predicted molar refractivity (Wildman–Crippen MR) is 109 cm³/mol. The number of primary amides is 1. The third-order valence-electron chi connectivity index (χ3n) is 5.38. The summed E-state index contributed by atoms with van der Waals surface area (Å²) in [6, 6.07) is 8.02. The zero-order valence-electron chi connectivity index (χ0n) is 15.7. The van der Waals surface area contributed by atoms with Crippen molar-refractivity contribution in [1.29, 1.82) is 0 Å². The van der Waals surface area contributed by atoms with Crippen LogP contribution >= 0.6 is 11.8 Å². The van der Waals surface area contributed by atoms with E-state index in [1.807, 2.05) is 24.3 Å². The Balaban J connectivity index is 1.66. The van der Waals surface area contributed by atoms with Gasteiger partial charge in [0, 0.05) is 68.6 Å². The maximum Gasteiger partial charge on any atom is 0.240 e. The van der Waals surface area contributed by atoms with Crippen molar-refractivity contribution in [2.45, 2.75) is 22.5 Å². The van der Waals surface area contributed by atoms with Crippen LogP contribution in [0, 0.1) is 0 Å². The molecule has 2 fully saturated rings. The van der Waals surface area contributed by atoms with Gasteiger partial charge in [0.15, 0.2) is 4.75 Å². The van der Waals surface area contributed by atoms with Gasteiger partial charge in [-0.25, -0.2) is 8.42 Å². The average Bonchev–Trinajstić information content (AvgIpc) is 2.73. The molecule has 2 heterocycles. The van der Waals surface area contributed by atoms with Crippen LogP contribution in [0.15, 0.2) is 29.2 Å². The molecule has 28 heavy (non-hydrogen) atoms. The lowest BCUT2D eigenvalue weighted by molar-refractivity contribution is -0.123. The molecule has 0 bridgehead atoms. The lowest BCUT2D eigenvalue weighted by Gasteiger charge is -2.41. The van der Waals surface area contributed by atoms with Crippen LogP contribution in [0.4, 0.5) is 5.69 Å². The molecule has 156 valence electrons. The molecule has 1 amide bonds. The largest absolute Gasteiger partial charge is 0.396 e. The van der Waals surface area contributed by atoms with Gasteiger partial charge in [0.1, 0.15) is 0 Å². The second-order valence-corrected chi connectivity index (χ2v) is 10.3. The fourth-order valence-electron chi connectivity index (χ4n) is 3.68. The molecular formula is C18H27N3O5S2. The van der Waals surface area contributed by atoms with Gasteiger partial charge in [-0.05, 0) is 24.3 Å². The summed E-state index contributed by atoms with van der Waals surface area (Å²) < 4.78 is 31.5. The van der Waals surface area contributed by atoms with E-state index in [0.29, 0.717) is 31.9 Å². The number of anilines is 1. The maximum atomic E-state index is 13.2. The summed E-state index contributed by atoms with van der Waals surface area (Å²) in [5, 5.41) is 8.90. The lowest BCUT2D eigenvalue weighted by Crippen LogP contribution is -2.61. The van der Waals surface area contributed by atoms with E-state index in [2.05, 4.69) is 4.90 Å². The molecule has 2 aliphatic rings. The molecule has 0 atom stereocenters. The van der Waals surface area contributed by atoms with E-state index in [4.69, 9.17) is 15.6 Å². The monoisotopic (exact) mass is 429 g/mol. The predicted octanol–water partition coefficient (Wildman–Crippen LogP) is 0.257. The number of hydrogen-bond acceptors (Lipinski definition) is 7. The molecule has 0 unspecified atom stereocenters. The van der Waals surface area contributed by atoms with Crippen molar-refractivity contribution in [2.75, 3.05) is 56.7 Å². The van der Waals surface area contributed by atoms with Crippen molar-refractivity contribution in [3.63, 3.8) is 0 Å². The van der Waals surface area contributed by atoms with E-state index >= 15 is 0 Å². The standard InChI is InChI=1S/C18H27N3O5S2/c19-17(23)18(5-12-26-13-6-18)28(24,25)21-9-7-20(8-10-21)15-1-3-16(4-2-15)27-14-11-22/h1-4,22H,5-14H2,(H2,19,23). The van der Waals surface area contributed by atoms with Gasteiger partial charge in [0.2, 0.25) is 15.9 Å². The summed E-state index contributed by atoms with van der Waals surface area (Å²) in [5.41, 5.74) is 6.56. The number of rotatable bonds is 7. The summed E-state index contributed by atoms with van der Waals surface area (Å²) in [6.45, 7) is 2.33. The van der Waals surface area contributed by atoms with E-state index in [0.717, 1.165) is 10.6 Å². The van der Waals surface area contributed by atoms with Gasteiger partial charge in [-0.2, -0.15) is 4.31 Å². The van der Waals surface area contributed by atoms with Crippen LogP contribution in [0.3, 0.4) is 0 Å². The molecular weight excluding hydrogens is 402 g/mol. The highest BCUT2D eigenvalue weighted by Crippen LogP contribution is 2.33. The number of carbonyl (C=O) groups is 1. The van der Waals surface area contributed by atoms with Crippen molar-refractivity contribution in [3.8, 4) is 0 Å². The van der Waals surface area contributed by atoms with Gasteiger partial charge in [0.05, 0.1) is 6.61 Å². The van der Waals surface area contributed by atoms with Gasteiger partial charge in [-0.3, -0.25) is 4.79 Å². The first-order chi connectivity index (χ1) is 13.4. The smallest absolute Gasteiger partial charge is 0.240 e. The highest BCUT2D eigenvalue weighted by Gasteiger charge is 2.53. The Morgan fingerprint density at radius 1 is 1.14 bits per heavy atom. The molecule has 1 aromatic carbocycles. The second-order valence-electron chi connectivity index (χ2n) is 6.93. The van der Waals surface area contributed by atoms with Crippen molar-refractivity contribution in [2.24, 2.45) is 5.73 Å². The first-order valence-electron chi connectivity index (χ1n) is 9.37. The van der Waals surface area contributed by atoms with E-state index in [1.54, 1.807) is 11.8 Å². The Bertz CT molecular complexity index is 771. The van der Waals surface area contributed by atoms with Crippen LogP contribution < -0.4 is 10.6 Å². The number of nitrogens with two attached hydrogens (primary N) is 1. The number of ether oxygens (including phenoxy) is 1. The van der Waals surface area contributed by atoms with Crippen LogP contribution in [0.2, 0.25) is 0 Å². The zero-order valence-corrected chi connectivity index (χ0v) is 17.4. The van der Waals surface area contributed by atoms with E-state index in [9.17, 15) is 13.2 Å². The molecule has 0 aliphatic carbocycles. The summed E-state index contributed by atoms with van der Waals surface area (Å²) >= 11 is 1.59. The molecule has 3 rings (SSSR count). The Morgan fingerprint density at radius 3 is 2.29 bits per heavy atom. The molecule has 0 spiro atoms. The van der Waals surface area contributed by atoms with Gasteiger partial charge in [-0.15, -0.1) is 11.8 Å². The number of nitrogens with zero attached hydrogens (tertiary/aromatic N) is 2. The van der Waals surface area contributed by atoms with Crippen LogP contribution in [-0.4, -0.2) is 80.2 Å². The SMILES string of the molecule is NC(=O)C1(S(=O)(=O)N2CCN(c3ccc(SCCO)cc3)CC2)CCOCC1. The lowest BCUT2D eigenvalue weighted by atomic mass is 9.98. The molecule has 0 aromatic heterocycles. The Kier molecular flexibility index (Phi) is 6.87. The summed E-state index contributed by atoms with van der Waals surface area (Å²) in [6.07, 6.45) is 0.218. The van der Waals surface area contributed by atoms with Crippen molar-refractivity contribution >= 4 is 33.4 Å². The summed E-state index contributed by atoms with van der Waals surface area (Å²) in [4.78, 5) is 15.3. The van der Waals surface area contributed by atoms with Crippen molar-refractivity contribution < 1.29 is 23.1 Å². The third-order valence-corrected chi connectivity index (χ3v) is 9.02. The molecule has 2 saturated heterocycles. The Labute approximate surface area is 170 Å². The van der Waals surface area contributed by atoms with Crippen LogP contribution in [0.25, 0.3) is 0 Å². The molecule has 10 heteroatoms. The van der Waals surface area contributed by atoms with Gasteiger partial charge < -0.3 is 20.5 Å². The first-order valence-corrected chi connectivity index (χ1v) is 11.8. The minimum atomic E-state index is -3.84. The number of aliphatic hydroxyl groups is 1. The van der Waals surface area contributed by atoms with Crippen molar-refractivity contribution in [3.05, 3.63) is 24.3 Å². The Morgan fingerprint density at radius 2 is 1.75 bits per heavy atom. The number of sulfonamides is 1. The summed E-state index contributed by atoms with van der Waals surface area (Å²) in [7, 11) is -3.84. The average molecular weight is 430 g/mol. The number of piperazine rings is 1. The minimum Gasteiger partial charge on any atom is -0.396 e. The van der Waals surface area contributed by atoms with Crippen LogP contribution in [0.5, 0.6) is 0 Å². The third kappa shape index (κ3) is 4.16. The first kappa shape index (κ1) is 21.4. The Hall–Kier alpha value is -1.33. The van der Waals surface area contributed by atoms with Crippen LogP contribution in [-0.2, 0) is 19.6 Å². The maximum absolute atomic E-state index is 13.2. The molecule has 1 aromatic rings. The molecule has 2 aliphatic heterocycles. The van der Waals surface area contributed by atoms with Gasteiger partial charge in [0.25, 0.3) is 0 Å².